The van der Waals surface area contributed by atoms with Crippen LogP contribution in [-0.2, 0) is 32.2 Å². The molecule has 0 aliphatic rings. The van der Waals surface area contributed by atoms with Gasteiger partial charge in [-0.1, -0.05) is 60.7 Å². The fourth-order valence-corrected chi connectivity index (χ4v) is 2.84. The predicted molar refractivity (Wildman–Crippen MR) is 120 cm³/mol. The van der Waals surface area contributed by atoms with E-state index in [-0.39, 0.29) is 39.2 Å². The Bertz CT molecular complexity index is 862. The van der Waals surface area contributed by atoms with Crippen LogP contribution in [0.25, 0.3) is 0 Å². The maximum Gasteiger partial charge on any atom is 0.408 e. The van der Waals surface area contributed by atoms with E-state index in [4.69, 9.17) is 14.2 Å². The number of benzene rings is 2. The Kier molecular flexibility index (Phi) is 11.3. The Hall–Kier alpha value is -3.59. The van der Waals surface area contributed by atoms with Crippen molar-refractivity contribution in [2.75, 3.05) is 13.2 Å². The summed E-state index contributed by atoms with van der Waals surface area (Å²) in [6.45, 7) is 1.90. The van der Waals surface area contributed by atoms with Crippen molar-refractivity contribution in [2.45, 2.75) is 45.1 Å². The Labute approximate surface area is 193 Å². The van der Waals surface area contributed by atoms with Gasteiger partial charge in [-0.3, -0.25) is 0 Å². The molecule has 0 saturated carbocycles. The van der Waals surface area contributed by atoms with Crippen molar-refractivity contribution in [1.82, 2.24) is 10.6 Å². The van der Waals surface area contributed by atoms with Crippen molar-refractivity contribution in [3.8, 4) is 0 Å². The monoisotopic (exact) mass is 458 g/mol. The van der Waals surface area contributed by atoms with Crippen LogP contribution in [0.4, 0.5) is 9.59 Å². The molecule has 2 amide bonds. The highest BCUT2D eigenvalue weighted by molar-refractivity contribution is 5.81. The molecule has 0 aromatic heterocycles. The average molecular weight is 459 g/mol. The van der Waals surface area contributed by atoms with E-state index in [1.165, 1.54) is 0 Å². The summed E-state index contributed by atoms with van der Waals surface area (Å²) in [5.41, 5.74) is 1.65. The van der Waals surface area contributed by atoms with Crippen molar-refractivity contribution < 1.29 is 33.7 Å². The summed E-state index contributed by atoms with van der Waals surface area (Å²) in [6.07, 6.45) is -2.16. The minimum Gasteiger partial charge on any atom is -0.464 e. The molecule has 0 fully saturated rings. The molecule has 0 radical (unpaired) electrons. The van der Waals surface area contributed by atoms with Crippen LogP contribution in [-0.4, -0.2) is 48.6 Å². The summed E-state index contributed by atoms with van der Waals surface area (Å²) >= 11 is 0. The van der Waals surface area contributed by atoms with Crippen LogP contribution in [0.1, 0.15) is 30.9 Å². The van der Waals surface area contributed by atoms with Crippen LogP contribution in [0, 0.1) is 0 Å². The Balaban J connectivity index is 1.73. The fraction of sp³-hybridized carbons (Fsp3) is 0.375. The number of ether oxygens (including phenoxy) is 3. The summed E-state index contributed by atoms with van der Waals surface area (Å²) in [6, 6.07) is 17.3. The van der Waals surface area contributed by atoms with Gasteiger partial charge in [0, 0.05) is 6.54 Å². The molecular weight excluding hydrogens is 428 g/mol. The van der Waals surface area contributed by atoms with Crippen molar-refractivity contribution in [1.29, 1.82) is 0 Å². The first-order chi connectivity index (χ1) is 16.0. The topological polar surface area (TPSA) is 123 Å². The van der Waals surface area contributed by atoms with Crippen molar-refractivity contribution in [3.05, 3.63) is 71.8 Å². The van der Waals surface area contributed by atoms with Gasteiger partial charge < -0.3 is 30.0 Å². The van der Waals surface area contributed by atoms with Gasteiger partial charge in [0.25, 0.3) is 0 Å². The van der Waals surface area contributed by atoms with Crippen LogP contribution in [0.15, 0.2) is 60.7 Å². The second-order valence-electron chi connectivity index (χ2n) is 7.18. The maximum absolute atomic E-state index is 12.2. The zero-order chi connectivity index (χ0) is 23.9. The maximum atomic E-state index is 12.2. The number of aliphatic hydroxyl groups excluding tert-OH is 1. The lowest BCUT2D eigenvalue weighted by atomic mass is 10.1. The van der Waals surface area contributed by atoms with Crippen LogP contribution in [0.5, 0.6) is 0 Å². The molecule has 2 atom stereocenters. The van der Waals surface area contributed by atoms with E-state index < -0.39 is 30.3 Å². The molecule has 3 N–H and O–H groups in total. The first kappa shape index (κ1) is 25.7. The number of amides is 2. The number of rotatable bonds is 12. The third-order valence-electron chi connectivity index (χ3n) is 4.56. The van der Waals surface area contributed by atoms with Crippen LogP contribution >= 0.6 is 0 Å². The van der Waals surface area contributed by atoms with Crippen LogP contribution in [0.2, 0.25) is 0 Å². The zero-order valence-electron chi connectivity index (χ0n) is 18.6. The molecule has 0 aliphatic carbocycles. The Morgan fingerprint density at radius 1 is 0.818 bits per heavy atom. The van der Waals surface area contributed by atoms with Gasteiger partial charge in [-0.25, -0.2) is 14.4 Å². The Morgan fingerprint density at radius 2 is 1.36 bits per heavy atom. The van der Waals surface area contributed by atoms with Gasteiger partial charge in [0.2, 0.25) is 0 Å². The molecule has 0 aliphatic heterocycles. The summed E-state index contributed by atoms with van der Waals surface area (Å²) in [5, 5.41) is 15.1. The van der Waals surface area contributed by atoms with Gasteiger partial charge >= 0.3 is 18.2 Å². The summed E-state index contributed by atoms with van der Waals surface area (Å²) < 4.78 is 15.2. The van der Waals surface area contributed by atoms with E-state index in [9.17, 15) is 19.5 Å². The normalized spacial score (nSPS) is 12.2. The summed E-state index contributed by atoms with van der Waals surface area (Å²) in [4.78, 5) is 36.1. The third kappa shape index (κ3) is 10.5. The number of aliphatic hydroxyl groups is 1. The van der Waals surface area contributed by atoms with Gasteiger partial charge in [-0.15, -0.1) is 0 Å². The number of esters is 1. The number of nitrogens with one attached hydrogen (secondary N) is 2. The molecule has 0 bridgehead atoms. The van der Waals surface area contributed by atoms with E-state index >= 15 is 0 Å². The minimum atomic E-state index is -0.993. The fourth-order valence-electron chi connectivity index (χ4n) is 2.84. The van der Waals surface area contributed by atoms with E-state index in [1.807, 2.05) is 60.7 Å². The van der Waals surface area contributed by atoms with Gasteiger partial charge in [-0.2, -0.15) is 0 Å². The van der Waals surface area contributed by atoms with Gasteiger partial charge in [0.1, 0.15) is 19.3 Å². The highest BCUT2D eigenvalue weighted by atomic mass is 16.6. The number of carbonyl (C=O) groups excluding carboxylic acids is 3. The number of hydrogen-bond acceptors (Lipinski definition) is 7. The van der Waals surface area contributed by atoms with Crippen LogP contribution < -0.4 is 10.6 Å². The second-order valence-corrected chi connectivity index (χ2v) is 7.18. The number of carbonyl (C=O) groups is 3. The number of alkyl carbamates (subject to hydrolysis) is 2. The first-order valence-corrected chi connectivity index (χ1v) is 10.7. The van der Waals surface area contributed by atoms with Crippen LogP contribution in [0.3, 0.4) is 0 Å². The molecule has 0 spiro atoms. The molecule has 0 saturated heterocycles. The summed E-state index contributed by atoms with van der Waals surface area (Å²) in [5.74, 6) is -0.628. The smallest absolute Gasteiger partial charge is 0.408 e. The highest BCUT2D eigenvalue weighted by Gasteiger charge is 2.24. The highest BCUT2D eigenvalue weighted by Crippen LogP contribution is 2.07. The zero-order valence-corrected chi connectivity index (χ0v) is 18.6. The third-order valence-corrected chi connectivity index (χ3v) is 4.56. The van der Waals surface area contributed by atoms with E-state index in [0.717, 1.165) is 11.1 Å². The van der Waals surface area contributed by atoms with E-state index in [0.29, 0.717) is 0 Å². The predicted octanol–water partition coefficient (Wildman–Crippen LogP) is 2.91. The van der Waals surface area contributed by atoms with Gasteiger partial charge in [0.05, 0.1) is 12.7 Å². The molecule has 9 nitrogen and oxygen atoms in total. The van der Waals surface area contributed by atoms with Crippen molar-refractivity contribution in [2.24, 2.45) is 0 Å². The standard InChI is InChI=1S/C24H30N2O7/c1-2-31-22(28)21(26-24(30)33-17-19-11-7-4-8-12-19)14-13-20(27)15-25-23(29)32-16-18-9-5-3-6-10-18/h3-12,20-21,27H,2,13-17H2,1H3,(H,25,29)(H,26,30)/t20-,21-/m0/s1. The summed E-state index contributed by atoms with van der Waals surface area (Å²) in [7, 11) is 0. The lowest BCUT2D eigenvalue weighted by molar-refractivity contribution is -0.145. The van der Waals surface area contributed by atoms with Gasteiger partial charge in [0.15, 0.2) is 0 Å². The number of hydrogen-bond donors (Lipinski definition) is 3. The molecule has 178 valence electrons. The molecule has 33 heavy (non-hydrogen) atoms. The van der Waals surface area contributed by atoms with E-state index in [2.05, 4.69) is 10.6 Å². The van der Waals surface area contributed by atoms with Gasteiger partial charge in [-0.05, 0) is 30.9 Å². The molecule has 0 heterocycles. The van der Waals surface area contributed by atoms with Crippen molar-refractivity contribution >= 4 is 18.2 Å². The molecular formula is C24H30N2O7. The average Bonchev–Trinajstić information content (AvgIpc) is 2.84. The molecule has 0 unspecified atom stereocenters. The quantitative estimate of drug-likeness (QED) is 0.330. The molecule has 2 aromatic carbocycles. The molecule has 2 aromatic rings. The lowest BCUT2D eigenvalue weighted by Gasteiger charge is -2.19. The first-order valence-electron chi connectivity index (χ1n) is 10.7. The molecule has 2 rings (SSSR count). The van der Waals surface area contributed by atoms with E-state index in [1.54, 1.807) is 6.92 Å². The minimum absolute atomic E-state index is 0.0554. The SMILES string of the molecule is CCOC(=O)[C@H](CC[C@H](O)CNC(=O)OCc1ccccc1)NC(=O)OCc1ccccc1. The second kappa shape index (κ2) is 14.5. The van der Waals surface area contributed by atoms with Crippen molar-refractivity contribution in [3.63, 3.8) is 0 Å². The Morgan fingerprint density at radius 3 is 1.91 bits per heavy atom. The lowest BCUT2D eigenvalue weighted by Crippen LogP contribution is -2.43. The largest absolute Gasteiger partial charge is 0.464 e. The molecule has 9 heteroatoms.